The van der Waals surface area contributed by atoms with Crippen LogP contribution in [0.15, 0.2) is 0 Å². The topological polar surface area (TPSA) is 60.9 Å². The second-order valence-electron chi connectivity index (χ2n) is 5.74. The minimum atomic E-state index is -4.31. The molecule has 0 atom stereocenters. The standard InChI is InChI=1S/C13H19F3N2O3/c14-13(15,16)8-18(10-1-2-10)7-11(19)17-5-3-9(4-6-17)12(20)21/h9-10H,1-8H2,(H,20,21). The Kier molecular flexibility index (Phi) is 4.75. The van der Waals surface area contributed by atoms with E-state index in [1.165, 1.54) is 9.80 Å². The Morgan fingerprint density at radius 3 is 2.14 bits per heavy atom. The maximum atomic E-state index is 12.5. The van der Waals surface area contributed by atoms with E-state index >= 15 is 0 Å². The van der Waals surface area contributed by atoms with E-state index in [0.717, 1.165) is 0 Å². The number of alkyl halides is 3. The summed E-state index contributed by atoms with van der Waals surface area (Å²) < 4.78 is 37.5. The van der Waals surface area contributed by atoms with E-state index in [4.69, 9.17) is 5.11 Å². The second-order valence-corrected chi connectivity index (χ2v) is 5.74. The van der Waals surface area contributed by atoms with Crippen molar-refractivity contribution in [3.8, 4) is 0 Å². The fourth-order valence-electron chi connectivity index (χ4n) is 2.63. The van der Waals surface area contributed by atoms with Gasteiger partial charge in [0, 0.05) is 19.1 Å². The second kappa shape index (κ2) is 6.21. The summed E-state index contributed by atoms with van der Waals surface area (Å²) in [5, 5.41) is 8.88. The molecule has 1 aliphatic carbocycles. The molecular formula is C13H19F3N2O3. The predicted octanol–water partition coefficient (Wildman–Crippen LogP) is 1.34. The number of hydrogen-bond donors (Lipinski definition) is 1. The predicted molar refractivity (Wildman–Crippen MR) is 67.6 cm³/mol. The highest BCUT2D eigenvalue weighted by atomic mass is 19.4. The van der Waals surface area contributed by atoms with Crippen LogP contribution in [0.4, 0.5) is 13.2 Å². The molecule has 0 radical (unpaired) electrons. The lowest BCUT2D eigenvalue weighted by Gasteiger charge is -2.32. The fraction of sp³-hybridized carbons (Fsp3) is 0.846. The van der Waals surface area contributed by atoms with Crippen LogP contribution in [0.3, 0.4) is 0 Å². The molecule has 0 aromatic heterocycles. The maximum Gasteiger partial charge on any atom is 0.401 e. The van der Waals surface area contributed by atoms with Gasteiger partial charge in [0.05, 0.1) is 19.0 Å². The molecule has 5 nitrogen and oxygen atoms in total. The highest BCUT2D eigenvalue weighted by Gasteiger charge is 2.39. The minimum absolute atomic E-state index is 0.146. The number of hydrogen-bond acceptors (Lipinski definition) is 3. The molecule has 0 bridgehead atoms. The summed E-state index contributed by atoms with van der Waals surface area (Å²) in [7, 11) is 0. The lowest BCUT2D eigenvalue weighted by molar-refractivity contribution is -0.154. The van der Waals surface area contributed by atoms with E-state index in [9.17, 15) is 22.8 Å². The van der Waals surface area contributed by atoms with Crippen LogP contribution in [0.1, 0.15) is 25.7 Å². The Labute approximate surface area is 120 Å². The summed E-state index contributed by atoms with van der Waals surface area (Å²) in [5.74, 6) is -1.67. The Morgan fingerprint density at radius 2 is 1.71 bits per heavy atom. The molecule has 1 N–H and O–H groups in total. The number of piperidine rings is 1. The number of halogens is 3. The third-order valence-electron chi connectivity index (χ3n) is 3.98. The van der Waals surface area contributed by atoms with Crippen molar-refractivity contribution in [2.75, 3.05) is 26.2 Å². The molecule has 2 rings (SSSR count). The van der Waals surface area contributed by atoms with Crippen molar-refractivity contribution in [1.29, 1.82) is 0 Å². The molecule has 2 fully saturated rings. The van der Waals surface area contributed by atoms with E-state index in [1.807, 2.05) is 0 Å². The SMILES string of the molecule is O=C(O)C1CCN(C(=O)CN(CC(F)(F)F)C2CC2)CC1. The monoisotopic (exact) mass is 308 g/mol. The number of carboxylic acids is 1. The van der Waals surface area contributed by atoms with Crippen LogP contribution in [-0.2, 0) is 9.59 Å². The molecule has 1 saturated heterocycles. The van der Waals surface area contributed by atoms with Gasteiger partial charge in [0.15, 0.2) is 0 Å². The lowest BCUT2D eigenvalue weighted by atomic mass is 9.97. The van der Waals surface area contributed by atoms with Crippen LogP contribution in [0.5, 0.6) is 0 Å². The van der Waals surface area contributed by atoms with Crippen molar-refractivity contribution in [3.05, 3.63) is 0 Å². The van der Waals surface area contributed by atoms with Crippen LogP contribution in [0.2, 0.25) is 0 Å². The lowest BCUT2D eigenvalue weighted by Crippen LogP contribution is -2.47. The Balaban J connectivity index is 1.84. The fourth-order valence-corrected chi connectivity index (χ4v) is 2.63. The van der Waals surface area contributed by atoms with E-state index in [2.05, 4.69) is 0 Å². The molecule has 0 spiro atoms. The number of aliphatic carboxylic acids is 1. The molecule has 1 aliphatic heterocycles. The zero-order valence-electron chi connectivity index (χ0n) is 11.6. The number of likely N-dealkylation sites (tertiary alicyclic amines) is 1. The van der Waals surface area contributed by atoms with E-state index in [-0.39, 0.29) is 18.5 Å². The average molecular weight is 308 g/mol. The molecule has 120 valence electrons. The van der Waals surface area contributed by atoms with Gasteiger partial charge in [-0.2, -0.15) is 13.2 Å². The van der Waals surface area contributed by atoms with E-state index < -0.39 is 24.6 Å². The van der Waals surface area contributed by atoms with Gasteiger partial charge in [-0.15, -0.1) is 0 Å². The van der Waals surface area contributed by atoms with Crippen molar-refractivity contribution < 1.29 is 27.9 Å². The molecule has 0 unspecified atom stereocenters. The molecule has 0 aromatic carbocycles. The van der Waals surface area contributed by atoms with Crippen molar-refractivity contribution in [2.45, 2.75) is 37.9 Å². The van der Waals surface area contributed by atoms with E-state index in [0.29, 0.717) is 38.8 Å². The first-order valence-corrected chi connectivity index (χ1v) is 7.07. The van der Waals surface area contributed by atoms with Gasteiger partial charge in [-0.25, -0.2) is 0 Å². The van der Waals surface area contributed by atoms with Crippen LogP contribution in [-0.4, -0.2) is 65.2 Å². The van der Waals surface area contributed by atoms with Crippen LogP contribution < -0.4 is 0 Å². The molecule has 1 heterocycles. The van der Waals surface area contributed by atoms with Gasteiger partial charge in [-0.3, -0.25) is 14.5 Å². The molecule has 1 saturated carbocycles. The summed E-state index contributed by atoms with van der Waals surface area (Å²) in [6, 6.07) is -0.146. The number of rotatable bonds is 5. The van der Waals surface area contributed by atoms with Gasteiger partial charge in [-0.1, -0.05) is 0 Å². The molecule has 8 heteroatoms. The zero-order chi connectivity index (χ0) is 15.6. The number of amides is 1. The van der Waals surface area contributed by atoms with Gasteiger partial charge in [-0.05, 0) is 25.7 Å². The van der Waals surface area contributed by atoms with Crippen LogP contribution in [0.25, 0.3) is 0 Å². The van der Waals surface area contributed by atoms with Crippen molar-refractivity contribution in [3.63, 3.8) is 0 Å². The minimum Gasteiger partial charge on any atom is -0.481 e. The first-order chi connectivity index (χ1) is 9.76. The quantitative estimate of drug-likeness (QED) is 0.832. The highest BCUT2D eigenvalue weighted by Crippen LogP contribution is 2.30. The van der Waals surface area contributed by atoms with Gasteiger partial charge in [0.1, 0.15) is 0 Å². The number of carbonyl (C=O) groups excluding carboxylic acids is 1. The number of carboxylic acid groups (broad SMARTS) is 1. The average Bonchev–Trinajstić information content (AvgIpc) is 3.20. The van der Waals surface area contributed by atoms with Crippen molar-refractivity contribution in [1.82, 2.24) is 9.80 Å². The summed E-state index contributed by atoms with van der Waals surface area (Å²) in [4.78, 5) is 25.6. The summed E-state index contributed by atoms with van der Waals surface area (Å²) >= 11 is 0. The molecular weight excluding hydrogens is 289 g/mol. The van der Waals surface area contributed by atoms with E-state index in [1.54, 1.807) is 0 Å². The van der Waals surface area contributed by atoms with Gasteiger partial charge >= 0.3 is 12.1 Å². The first-order valence-electron chi connectivity index (χ1n) is 7.07. The first kappa shape index (κ1) is 16.1. The largest absolute Gasteiger partial charge is 0.481 e. The molecule has 0 aromatic rings. The Hall–Kier alpha value is -1.31. The summed E-state index contributed by atoms with van der Waals surface area (Å²) in [6.45, 7) is -0.683. The molecule has 21 heavy (non-hydrogen) atoms. The molecule has 2 aliphatic rings. The zero-order valence-corrected chi connectivity index (χ0v) is 11.6. The third kappa shape index (κ3) is 4.87. The maximum absolute atomic E-state index is 12.5. The van der Waals surface area contributed by atoms with Crippen LogP contribution >= 0.6 is 0 Å². The number of nitrogens with zero attached hydrogens (tertiary/aromatic N) is 2. The molecule has 1 amide bonds. The highest BCUT2D eigenvalue weighted by molar-refractivity contribution is 5.79. The normalized spacial score (nSPS) is 20.9. The van der Waals surface area contributed by atoms with Gasteiger partial charge < -0.3 is 10.0 Å². The van der Waals surface area contributed by atoms with Gasteiger partial charge in [0.25, 0.3) is 0 Å². The van der Waals surface area contributed by atoms with Gasteiger partial charge in [0.2, 0.25) is 5.91 Å². The number of carbonyl (C=O) groups is 2. The van der Waals surface area contributed by atoms with Crippen LogP contribution in [0, 0.1) is 5.92 Å². The smallest absolute Gasteiger partial charge is 0.401 e. The Morgan fingerprint density at radius 1 is 1.14 bits per heavy atom. The van der Waals surface area contributed by atoms with Crippen molar-refractivity contribution >= 4 is 11.9 Å². The van der Waals surface area contributed by atoms with Crippen molar-refractivity contribution in [2.24, 2.45) is 5.92 Å². The summed E-state index contributed by atoms with van der Waals surface area (Å²) in [5.41, 5.74) is 0. The third-order valence-corrected chi connectivity index (χ3v) is 3.98. The Bertz CT molecular complexity index is 402. The summed E-state index contributed by atoms with van der Waals surface area (Å²) in [6.07, 6.45) is -2.18.